The van der Waals surface area contributed by atoms with E-state index in [4.69, 9.17) is 5.26 Å². The van der Waals surface area contributed by atoms with Gasteiger partial charge in [0.15, 0.2) is 5.82 Å². The number of hydrogen-bond acceptors (Lipinski definition) is 4. The van der Waals surface area contributed by atoms with E-state index in [1.807, 2.05) is 30.3 Å². The molecule has 3 aromatic heterocycles. The Bertz CT molecular complexity index is 723. The van der Waals surface area contributed by atoms with Gasteiger partial charge in [-0.2, -0.15) is 10.4 Å². The minimum atomic E-state index is 0.535. The summed E-state index contributed by atoms with van der Waals surface area (Å²) >= 11 is 0. The molecule has 3 heterocycles. The molecule has 0 atom stereocenters. The molecule has 0 amide bonds. The predicted molar refractivity (Wildman–Crippen MR) is 69.3 cm³/mol. The molecule has 0 radical (unpaired) electrons. The minimum absolute atomic E-state index is 0.535. The van der Waals surface area contributed by atoms with Gasteiger partial charge in [0.25, 0.3) is 0 Å². The van der Waals surface area contributed by atoms with Crippen molar-refractivity contribution in [2.75, 3.05) is 0 Å². The molecule has 0 aliphatic heterocycles. The van der Waals surface area contributed by atoms with Gasteiger partial charge in [-0.1, -0.05) is 6.07 Å². The lowest BCUT2D eigenvalue weighted by Crippen LogP contribution is -2.01. The number of pyridine rings is 2. The van der Waals surface area contributed by atoms with Crippen molar-refractivity contribution in [2.24, 2.45) is 0 Å². The van der Waals surface area contributed by atoms with E-state index in [2.05, 4.69) is 15.1 Å². The van der Waals surface area contributed by atoms with Gasteiger partial charge in [0.2, 0.25) is 0 Å². The third-order valence-electron chi connectivity index (χ3n) is 2.66. The smallest absolute Gasteiger partial charge is 0.154 e. The van der Waals surface area contributed by atoms with Crippen molar-refractivity contribution in [2.45, 2.75) is 0 Å². The molecule has 19 heavy (non-hydrogen) atoms. The maximum absolute atomic E-state index is 8.77. The van der Waals surface area contributed by atoms with E-state index in [-0.39, 0.29) is 0 Å². The first-order valence-electron chi connectivity index (χ1n) is 5.70. The maximum Gasteiger partial charge on any atom is 0.154 e. The number of hydrogen-bond donors (Lipinski definition) is 0. The Kier molecular flexibility index (Phi) is 2.75. The molecule has 0 unspecified atom stereocenters. The Hall–Kier alpha value is -3.00. The predicted octanol–water partition coefficient (Wildman–Crippen LogP) is 2.20. The van der Waals surface area contributed by atoms with Crippen LogP contribution in [0.3, 0.4) is 0 Å². The summed E-state index contributed by atoms with van der Waals surface area (Å²) in [7, 11) is 0. The summed E-state index contributed by atoms with van der Waals surface area (Å²) in [5.74, 6) is 0.730. The molecule has 5 nitrogen and oxygen atoms in total. The lowest BCUT2D eigenvalue weighted by atomic mass is 10.2. The van der Waals surface area contributed by atoms with Crippen LogP contribution in [0.4, 0.5) is 0 Å². The van der Waals surface area contributed by atoms with E-state index in [0.29, 0.717) is 5.56 Å². The van der Waals surface area contributed by atoms with Crippen LogP contribution in [0.15, 0.2) is 55.0 Å². The first kappa shape index (κ1) is 11.1. The molecule has 0 bridgehead atoms. The SMILES string of the molecule is N#Cc1ccc(-c2ccnn2-c2ccccn2)nc1. The topological polar surface area (TPSA) is 67.4 Å². The highest BCUT2D eigenvalue weighted by Gasteiger charge is 2.09. The molecule has 3 rings (SSSR count). The van der Waals surface area contributed by atoms with Crippen molar-refractivity contribution in [3.8, 4) is 23.3 Å². The number of rotatable bonds is 2. The summed E-state index contributed by atoms with van der Waals surface area (Å²) in [4.78, 5) is 8.53. The quantitative estimate of drug-likeness (QED) is 0.696. The van der Waals surface area contributed by atoms with E-state index < -0.39 is 0 Å². The monoisotopic (exact) mass is 247 g/mol. The third kappa shape index (κ3) is 2.07. The van der Waals surface area contributed by atoms with Crippen LogP contribution in [0, 0.1) is 11.3 Å². The lowest BCUT2D eigenvalue weighted by molar-refractivity contribution is 0.851. The van der Waals surface area contributed by atoms with Gasteiger partial charge in [-0.3, -0.25) is 4.98 Å². The molecule has 0 saturated heterocycles. The number of nitrogens with zero attached hydrogens (tertiary/aromatic N) is 5. The Labute approximate surface area is 109 Å². The van der Waals surface area contributed by atoms with Gasteiger partial charge in [0, 0.05) is 12.4 Å². The fourth-order valence-electron chi connectivity index (χ4n) is 1.77. The van der Waals surface area contributed by atoms with Gasteiger partial charge in [-0.15, -0.1) is 0 Å². The average Bonchev–Trinajstić information content (AvgIpc) is 2.98. The molecule has 0 saturated carbocycles. The maximum atomic E-state index is 8.77. The highest BCUT2D eigenvalue weighted by Crippen LogP contribution is 2.19. The standard InChI is InChI=1S/C14H9N5/c15-9-11-4-5-12(17-10-11)13-6-8-18-19(13)14-3-1-2-7-16-14/h1-8,10H. The van der Waals surface area contributed by atoms with E-state index in [0.717, 1.165) is 17.2 Å². The second kappa shape index (κ2) is 4.70. The second-order valence-corrected chi connectivity index (χ2v) is 3.86. The molecule has 3 aromatic rings. The van der Waals surface area contributed by atoms with Crippen LogP contribution in [0.25, 0.3) is 17.2 Å². The molecular weight excluding hydrogens is 238 g/mol. The van der Waals surface area contributed by atoms with Crippen LogP contribution >= 0.6 is 0 Å². The highest BCUT2D eigenvalue weighted by molar-refractivity contribution is 5.57. The van der Waals surface area contributed by atoms with Gasteiger partial charge in [0.05, 0.1) is 23.1 Å². The molecule has 0 aliphatic carbocycles. The summed E-state index contributed by atoms with van der Waals surface area (Å²) in [6, 6.07) is 13.1. The summed E-state index contributed by atoms with van der Waals surface area (Å²) in [5, 5.41) is 13.0. The van der Waals surface area contributed by atoms with Crippen molar-refractivity contribution >= 4 is 0 Å². The summed E-state index contributed by atoms with van der Waals surface area (Å²) in [5.41, 5.74) is 2.12. The minimum Gasteiger partial charge on any atom is -0.253 e. The second-order valence-electron chi connectivity index (χ2n) is 3.86. The largest absolute Gasteiger partial charge is 0.253 e. The van der Waals surface area contributed by atoms with E-state index in [9.17, 15) is 0 Å². The molecule has 0 spiro atoms. The zero-order valence-corrected chi connectivity index (χ0v) is 9.93. The van der Waals surface area contributed by atoms with Crippen LogP contribution in [0.5, 0.6) is 0 Å². The van der Waals surface area contributed by atoms with Crippen molar-refractivity contribution in [3.63, 3.8) is 0 Å². The van der Waals surface area contributed by atoms with Crippen LogP contribution in [-0.2, 0) is 0 Å². The van der Waals surface area contributed by atoms with Gasteiger partial charge >= 0.3 is 0 Å². The first-order valence-corrected chi connectivity index (χ1v) is 5.70. The Balaban J connectivity index is 2.07. The molecule has 0 fully saturated rings. The van der Waals surface area contributed by atoms with Gasteiger partial charge in [-0.05, 0) is 30.3 Å². The van der Waals surface area contributed by atoms with E-state index in [1.165, 1.54) is 0 Å². The number of aromatic nitrogens is 4. The molecular formula is C14H9N5. The Morgan fingerprint density at radius 1 is 1.00 bits per heavy atom. The van der Waals surface area contributed by atoms with Gasteiger partial charge in [0.1, 0.15) is 6.07 Å². The third-order valence-corrected chi connectivity index (χ3v) is 2.66. The van der Waals surface area contributed by atoms with E-state index >= 15 is 0 Å². The number of nitriles is 1. The lowest BCUT2D eigenvalue weighted by Gasteiger charge is -2.05. The molecule has 5 heteroatoms. The van der Waals surface area contributed by atoms with E-state index in [1.54, 1.807) is 35.4 Å². The van der Waals surface area contributed by atoms with Crippen molar-refractivity contribution in [3.05, 3.63) is 60.6 Å². The normalized spacial score (nSPS) is 10.1. The summed E-state index contributed by atoms with van der Waals surface area (Å²) < 4.78 is 1.72. The van der Waals surface area contributed by atoms with Crippen molar-refractivity contribution in [1.29, 1.82) is 5.26 Å². The summed E-state index contributed by atoms with van der Waals surface area (Å²) in [6.45, 7) is 0. The molecule has 0 N–H and O–H groups in total. The van der Waals surface area contributed by atoms with Crippen LogP contribution in [0.2, 0.25) is 0 Å². The Morgan fingerprint density at radius 2 is 1.95 bits per heavy atom. The molecule has 90 valence electrons. The molecule has 0 aromatic carbocycles. The molecule has 0 aliphatic rings. The first-order chi connectivity index (χ1) is 9.38. The van der Waals surface area contributed by atoms with Crippen LogP contribution in [0.1, 0.15) is 5.56 Å². The van der Waals surface area contributed by atoms with Crippen molar-refractivity contribution in [1.82, 2.24) is 19.7 Å². The van der Waals surface area contributed by atoms with Gasteiger partial charge in [-0.25, -0.2) is 9.67 Å². The van der Waals surface area contributed by atoms with Crippen LogP contribution < -0.4 is 0 Å². The van der Waals surface area contributed by atoms with Crippen LogP contribution in [-0.4, -0.2) is 19.7 Å². The highest BCUT2D eigenvalue weighted by atomic mass is 15.3. The van der Waals surface area contributed by atoms with Gasteiger partial charge < -0.3 is 0 Å². The fourth-order valence-corrected chi connectivity index (χ4v) is 1.77. The zero-order valence-electron chi connectivity index (χ0n) is 9.93. The fraction of sp³-hybridized carbons (Fsp3) is 0. The Morgan fingerprint density at radius 3 is 2.63 bits per heavy atom. The zero-order chi connectivity index (χ0) is 13.1. The average molecular weight is 247 g/mol. The summed E-state index contributed by atoms with van der Waals surface area (Å²) in [6.07, 6.45) is 4.96. The van der Waals surface area contributed by atoms with Crippen molar-refractivity contribution < 1.29 is 0 Å².